The van der Waals surface area contributed by atoms with Crippen molar-refractivity contribution in [2.45, 2.75) is 45.8 Å². The van der Waals surface area contributed by atoms with Crippen molar-refractivity contribution in [2.75, 3.05) is 26.2 Å². The molecule has 0 bridgehead atoms. The van der Waals surface area contributed by atoms with Gasteiger partial charge >= 0.3 is 0 Å². The molecular formula is C30H35N5O5. The van der Waals surface area contributed by atoms with E-state index in [0.717, 1.165) is 5.56 Å². The van der Waals surface area contributed by atoms with Gasteiger partial charge in [0.05, 0.1) is 26.8 Å². The third-order valence-corrected chi connectivity index (χ3v) is 6.29. The largest absolute Gasteiger partial charge is 0.493 e. The number of benzene rings is 3. The Balaban J connectivity index is 1.91. The summed E-state index contributed by atoms with van der Waals surface area (Å²) in [6.07, 6.45) is 0. The van der Waals surface area contributed by atoms with Crippen molar-refractivity contribution in [1.29, 1.82) is 0 Å². The molecule has 1 atom stereocenters. The average Bonchev–Trinajstić information content (AvgIpc) is 3.32. The number of rotatable bonds is 9. The summed E-state index contributed by atoms with van der Waals surface area (Å²) in [5.74, 6) is 0.375. The zero-order valence-electron chi connectivity index (χ0n) is 23.9. The number of nitrogens with one attached hydrogen (secondary N) is 1. The number of hydrogen-bond acceptors (Lipinski definition) is 7. The first-order chi connectivity index (χ1) is 19.1. The highest BCUT2D eigenvalue weighted by atomic mass is 16.5. The van der Waals surface area contributed by atoms with Crippen molar-refractivity contribution >= 4 is 28.5 Å². The highest BCUT2D eigenvalue weighted by molar-refractivity contribution is 6.02. The molecule has 0 radical (unpaired) electrons. The van der Waals surface area contributed by atoms with Crippen LogP contribution in [0.1, 0.15) is 37.9 Å². The van der Waals surface area contributed by atoms with E-state index in [1.54, 1.807) is 12.1 Å². The molecule has 1 aromatic heterocycles. The Morgan fingerprint density at radius 2 is 1.57 bits per heavy atom. The number of anilines is 1. The standard InChI is InChI=1S/C30H35N5O5/c1-19-12-14-21(15-13-19)35(26(36)18-34-23-11-9-8-10-22(23)32-33-34)27(29(37)31-30(2,3)4)20-16-24(38-5)28(40-7)25(17-20)39-6/h8-17,27H,18H2,1-7H3,(H,31,37)/t27-/m0/s1. The normalized spacial score (nSPS) is 12.1. The summed E-state index contributed by atoms with van der Waals surface area (Å²) in [5.41, 5.74) is 2.85. The van der Waals surface area contributed by atoms with Gasteiger partial charge in [0.15, 0.2) is 11.5 Å². The molecule has 0 saturated carbocycles. The second-order valence-electron chi connectivity index (χ2n) is 10.4. The van der Waals surface area contributed by atoms with Gasteiger partial charge in [-0.2, -0.15) is 0 Å². The number of aromatic nitrogens is 3. The van der Waals surface area contributed by atoms with Gasteiger partial charge in [-0.05, 0) is 69.7 Å². The number of ether oxygens (including phenoxy) is 3. The van der Waals surface area contributed by atoms with Crippen molar-refractivity contribution in [3.05, 3.63) is 71.8 Å². The predicted molar refractivity (Wildman–Crippen MR) is 153 cm³/mol. The topological polar surface area (TPSA) is 108 Å². The van der Waals surface area contributed by atoms with Crippen LogP contribution in [0.4, 0.5) is 5.69 Å². The van der Waals surface area contributed by atoms with Crippen molar-refractivity contribution in [3.63, 3.8) is 0 Å². The third kappa shape index (κ3) is 6.01. The molecule has 210 valence electrons. The first-order valence-electron chi connectivity index (χ1n) is 12.8. The maximum Gasteiger partial charge on any atom is 0.249 e. The highest BCUT2D eigenvalue weighted by Gasteiger charge is 2.36. The van der Waals surface area contributed by atoms with E-state index in [2.05, 4.69) is 15.6 Å². The van der Waals surface area contributed by atoms with Crippen LogP contribution in [-0.4, -0.2) is 53.7 Å². The summed E-state index contributed by atoms with van der Waals surface area (Å²) in [4.78, 5) is 29.8. The van der Waals surface area contributed by atoms with E-state index in [0.29, 0.717) is 39.5 Å². The molecule has 10 nitrogen and oxygen atoms in total. The predicted octanol–water partition coefficient (Wildman–Crippen LogP) is 4.45. The van der Waals surface area contributed by atoms with Gasteiger partial charge < -0.3 is 19.5 Å². The Bertz CT molecular complexity index is 1480. The van der Waals surface area contributed by atoms with Gasteiger partial charge in [0.2, 0.25) is 17.6 Å². The van der Waals surface area contributed by atoms with Gasteiger partial charge in [-0.15, -0.1) is 5.10 Å². The summed E-state index contributed by atoms with van der Waals surface area (Å²) in [7, 11) is 4.52. The number of hydrogen-bond donors (Lipinski definition) is 1. The summed E-state index contributed by atoms with van der Waals surface area (Å²) in [6.45, 7) is 7.47. The fraction of sp³-hybridized carbons (Fsp3) is 0.333. The number of methoxy groups -OCH3 is 3. The molecule has 40 heavy (non-hydrogen) atoms. The molecule has 0 saturated heterocycles. The van der Waals surface area contributed by atoms with Crippen molar-refractivity contribution < 1.29 is 23.8 Å². The Labute approximate surface area is 233 Å². The Hall–Kier alpha value is -4.60. The molecule has 2 amide bonds. The minimum absolute atomic E-state index is 0.141. The van der Waals surface area contributed by atoms with Gasteiger partial charge in [-0.3, -0.25) is 14.5 Å². The number of carbonyl (C=O) groups excluding carboxylic acids is 2. The molecule has 0 spiro atoms. The van der Waals surface area contributed by atoms with Gasteiger partial charge in [-0.1, -0.05) is 35.0 Å². The van der Waals surface area contributed by atoms with E-state index < -0.39 is 11.6 Å². The summed E-state index contributed by atoms with van der Waals surface area (Å²) in [5, 5.41) is 11.4. The number of nitrogens with zero attached hydrogens (tertiary/aromatic N) is 4. The van der Waals surface area contributed by atoms with Crippen LogP contribution in [0.25, 0.3) is 11.0 Å². The zero-order chi connectivity index (χ0) is 29.0. The monoisotopic (exact) mass is 545 g/mol. The molecule has 3 aromatic carbocycles. The lowest BCUT2D eigenvalue weighted by Crippen LogP contribution is -2.50. The smallest absolute Gasteiger partial charge is 0.249 e. The van der Waals surface area contributed by atoms with Crippen LogP contribution >= 0.6 is 0 Å². The molecule has 1 heterocycles. The van der Waals surface area contributed by atoms with Crippen LogP contribution in [0.5, 0.6) is 17.2 Å². The first-order valence-corrected chi connectivity index (χ1v) is 12.8. The molecule has 10 heteroatoms. The van der Waals surface area contributed by atoms with Crippen molar-refractivity contribution in [3.8, 4) is 17.2 Å². The van der Waals surface area contributed by atoms with Gasteiger partial charge in [0.1, 0.15) is 18.1 Å². The molecule has 0 fully saturated rings. The van der Waals surface area contributed by atoms with Crippen LogP contribution in [-0.2, 0) is 16.1 Å². The fourth-order valence-corrected chi connectivity index (χ4v) is 4.50. The van der Waals surface area contributed by atoms with E-state index >= 15 is 0 Å². The van der Waals surface area contributed by atoms with Crippen LogP contribution in [0.15, 0.2) is 60.7 Å². The fourth-order valence-electron chi connectivity index (χ4n) is 4.50. The average molecular weight is 546 g/mol. The second kappa shape index (κ2) is 11.6. The quantitative estimate of drug-likeness (QED) is 0.331. The van der Waals surface area contributed by atoms with E-state index in [4.69, 9.17) is 14.2 Å². The second-order valence-corrected chi connectivity index (χ2v) is 10.4. The van der Waals surface area contributed by atoms with Crippen LogP contribution in [0.2, 0.25) is 0 Å². The molecule has 0 aliphatic rings. The minimum atomic E-state index is -1.09. The lowest BCUT2D eigenvalue weighted by Gasteiger charge is -2.34. The molecule has 4 aromatic rings. The van der Waals surface area contributed by atoms with E-state index in [1.807, 2.05) is 76.2 Å². The first kappa shape index (κ1) is 28.4. The number of fused-ring (bicyclic) bond motifs is 1. The summed E-state index contributed by atoms with van der Waals surface area (Å²) >= 11 is 0. The van der Waals surface area contributed by atoms with Gasteiger partial charge in [0.25, 0.3) is 0 Å². The third-order valence-electron chi connectivity index (χ3n) is 6.29. The maximum absolute atomic E-state index is 14.2. The summed E-state index contributed by atoms with van der Waals surface area (Å²) in [6, 6.07) is 17.1. The van der Waals surface area contributed by atoms with Crippen molar-refractivity contribution in [2.24, 2.45) is 0 Å². The molecule has 0 aliphatic heterocycles. The lowest BCUT2D eigenvalue weighted by molar-refractivity contribution is -0.128. The number of carbonyl (C=O) groups is 2. The number of para-hydroxylation sites is 1. The Kier molecular flexibility index (Phi) is 8.27. The van der Waals surface area contributed by atoms with Gasteiger partial charge in [0, 0.05) is 11.2 Å². The van der Waals surface area contributed by atoms with E-state index in [-0.39, 0.29) is 18.4 Å². The van der Waals surface area contributed by atoms with Gasteiger partial charge in [-0.25, -0.2) is 4.68 Å². The Morgan fingerprint density at radius 1 is 0.950 bits per heavy atom. The molecule has 1 N–H and O–H groups in total. The molecular weight excluding hydrogens is 510 g/mol. The lowest BCUT2D eigenvalue weighted by atomic mass is 9.99. The Morgan fingerprint density at radius 3 is 2.15 bits per heavy atom. The van der Waals surface area contributed by atoms with Crippen LogP contribution in [0, 0.1) is 6.92 Å². The SMILES string of the molecule is COc1cc([C@@H](C(=O)NC(C)(C)C)N(C(=O)Cn2nnc3ccccc32)c2ccc(C)cc2)cc(OC)c1OC. The minimum Gasteiger partial charge on any atom is -0.493 e. The highest BCUT2D eigenvalue weighted by Crippen LogP contribution is 2.41. The number of amides is 2. The van der Waals surface area contributed by atoms with Crippen molar-refractivity contribution in [1.82, 2.24) is 20.3 Å². The zero-order valence-corrected chi connectivity index (χ0v) is 23.9. The molecule has 4 rings (SSSR count). The van der Waals surface area contributed by atoms with Crippen LogP contribution in [0.3, 0.4) is 0 Å². The van der Waals surface area contributed by atoms with Crippen LogP contribution < -0.4 is 24.4 Å². The summed E-state index contributed by atoms with van der Waals surface area (Å²) < 4.78 is 18.2. The molecule has 0 unspecified atom stereocenters. The van der Waals surface area contributed by atoms with E-state index in [9.17, 15) is 9.59 Å². The number of aryl methyl sites for hydroxylation is 1. The molecule has 0 aliphatic carbocycles. The van der Waals surface area contributed by atoms with E-state index in [1.165, 1.54) is 30.9 Å². The maximum atomic E-state index is 14.2.